The average molecular weight is 196 g/mol. The van der Waals surface area contributed by atoms with Gasteiger partial charge < -0.3 is 15.5 Å². The zero-order valence-corrected chi connectivity index (χ0v) is 8.27. The molecule has 4 heteroatoms. The van der Waals surface area contributed by atoms with E-state index in [1.165, 1.54) is 0 Å². The van der Waals surface area contributed by atoms with Crippen molar-refractivity contribution in [2.24, 2.45) is 0 Å². The van der Waals surface area contributed by atoms with Crippen LogP contribution in [0.15, 0.2) is 18.2 Å². The van der Waals surface area contributed by atoms with E-state index in [1.807, 2.05) is 25.1 Å². The molecule has 78 valence electrons. The third-order valence-electron chi connectivity index (χ3n) is 1.84. The van der Waals surface area contributed by atoms with E-state index in [1.54, 1.807) is 0 Å². The summed E-state index contributed by atoms with van der Waals surface area (Å²) in [5, 5.41) is 20.6. The number of rotatable bonds is 5. The molecule has 0 bridgehead atoms. The minimum absolute atomic E-state index is 0.214. The first-order valence-corrected chi connectivity index (χ1v) is 4.64. The highest BCUT2D eigenvalue weighted by Crippen LogP contribution is 1.97. The quantitative estimate of drug-likeness (QED) is 0.612. The first kappa shape index (κ1) is 11.1. The molecule has 0 saturated carbocycles. The maximum absolute atomic E-state index is 9.06. The lowest BCUT2D eigenvalue weighted by molar-refractivity contribution is 0.0941. The second-order valence-electron chi connectivity index (χ2n) is 3.24. The fourth-order valence-electron chi connectivity index (χ4n) is 1.13. The van der Waals surface area contributed by atoms with Gasteiger partial charge in [-0.1, -0.05) is 6.07 Å². The van der Waals surface area contributed by atoms with Crippen molar-refractivity contribution < 1.29 is 10.2 Å². The molecule has 1 aromatic heterocycles. The summed E-state index contributed by atoms with van der Waals surface area (Å²) in [4.78, 5) is 4.29. The van der Waals surface area contributed by atoms with Gasteiger partial charge in [-0.3, -0.25) is 4.98 Å². The molecule has 0 radical (unpaired) electrons. The minimum atomic E-state index is -0.695. The van der Waals surface area contributed by atoms with E-state index in [9.17, 15) is 0 Å². The van der Waals surface area contributed by atoms with Crippen LogP contribution in [0.3, 0.4) is 0 Å². The van der Waals surface area contributed by atoms with Crippen LogP contribution in [-0.4, -0.2) is 34.5 Å². The van der Waals surface area contributed by atoms with E-state index in [0.717, 1.165) is 11.4 Å². The largest absolute Gasteiger partial charge is 0.394 e. The Balaban J connectivity index is 2.31. The standard InChI is InChI=1S/C10H16N2O2/c1-8-3-2-4-9(12-8)5-11-6-10(14)7-13/h2-4,10-11,13-14H,5-7H2,1H3/t10-/m0/s1. The summed E-state index contributed by atoms with van der Waals surface area (Å²) in [6.07, 6.45) is -0.695. The Kier molecular flexibility index (Phi) is 4.52. The third-order valence-corrected chi connectivity index (χ3v) is 1.84. The van der Waals surface area contributed by atoms with Crippen LogP contribution in [0.2, 0.25) is 0 Å². The number of hydrogen-bond donors (Lipinski definition) is 3. The summed E-state index contributed by atoms with van der Waals surface area (Å²) in [7, 11) is 0. The Morgan fingerprint density at radius 3 is 2.93 bits per heavy atom. The maximum Gasteiger partial charge on any atom is 0.0895 e. The predicted molar refractivity (Wildman–Crippen MR) is 53.8 cm³/mol. The average Bonchev–Trinajstić information content (AvgIpc) is 2.17. The number of aliphatic hydroxyl groups excluding tert-OH is 2. The molecule has 0 saturated heterocycles. The number of hydrogen-bond acceptors (Lipinski definition) is 4. The first-order valence-electron chi connectivity index (χ1n) is 4.64. The Morgan fingerprint density at radius 2 is 2.29 bits per heavy atom. The van der Waals surface area contributed by atoms with Gasteiger partial charge in [0, 0.05) is 18.8 Å². The second kappa shape index (κ2) is 5.70. The van der Waals surface area contributed by atoms with Crippen molar-refractivity contribution in [2.75, 3.05) is 13.2 Å². The molecule has 0 aliphatic rings. The van der Waals surface area contributed by atoms with Crippen LogP contribution in [0, 0.1) is 6.92 Å². The third kappa shape index (κ3) is 3.83. The van der Waals surface area contributed by atoms with Crippen LogP contribution in [0.1, 0.15) is 11.4 Å². The molecule has 1 aromatic rings. The zero-order chi connectivity index (χ0) is 10.4. The van der Waals surface area contributed by atoms with Crippen molar-refractivity contribution in [3.8, 4) is 0 Å². The van der Waals surface area contributed by atoms with Crippen molar-refractivity contribution in [1.82, 2.24) is 10.3 Å². The van der Waals surface area contributed by atoms with Gasteiger partial charge in [-0.2, -0.15) is 0 Å². The van der Waals surface area contributed by atoms with E-state index in [0.29, 0.717) is 13.1 Å². The summed E-state index contributed by atoms with van der Waals surface area (Å²) in [5.41, 5.74) is 1.92. The zero-order valence-electron chi connectivity index (χ0n) is 8.27. The van der Waals surface area contributed by atoms with Crippen LogP contribution in [0.25, 0.3) is 0 Å². The van der Waals surface area contributed by atoms with Crippen molar-refractivity contribution in [2.45, 2.75) is 19.6 Å². The fraction of sp³-hybridized carbons (Fsp3) is 0.500. The van der Waals surface area contributed by atoms with Crippen LogP contribution in [0.5, 0.6) is 0 Å². The number of aryl methyl sites for hydroxylation is 1. The van der Waals surface area contributed by atoms with Crippen LogP contribution in [0.4, 0.5) is 0 Å². The maximum atomic E-state index is 9.06. The second-order valence-corrected chi connectivity index (χ2v) is 3.24. The van der Waals surface area contributed by atoms with Gasteiger partial charge in [0.15, 0.2) is 0 Å². The van der Waals surface area contributed by atoms with Gasteiger partial charge in [-0.15, -0.1) is 0 Å². The molecule has 0 aromatic carbocycles. The van der Waals surface area contributed by atoms with Crippen molar-refractivity contribution >= 4 is 0 Å². The highest BCUT2D eigenvalue weighted by Gasteiger charge is 2.00. The first-order chi connectivity index (χ1) is 6.72. The van der Waals surface area contributed by atoms with Crippen LogP contribution >= 0.6 is 0 Å². The van der Waals surface area contributed by atoms with Crippen molar-refractivity contribution in [3.05, 3.63) is 29.6 Å². The lowest BCUT2D eigenvalue weighted by Crippen LogP contribution is -2.29. The van der Waals surface area contributed by atoms with E-state index in [-0.39, 0.29) is 6.61 Å². The summed E-state index contributed by atoms with van der Waals surface area (Å²) in [6, 6.07) is 5.80. The lowest BCUT2D eigenvalue weighted by atomic mass is 10.3. The molecule has 0 fully saturated rings. The predicted octanol–water partition coefficient (Wildman–Crippen LogP) is -0.167. The van der Waals surface area contributed by atoms with Gasteiger partial charge in [-0.25, -0.2) is 0 Å². The van der Waals surface area contributed by atoms with E-state index >= 15 is 0 Å². The van der Waals surface area contributed by atoms with Gasteiger partial charge >= 0.3 is 0 Å². The highest BCUT2D eigenvalue weighted by molar-refractivity contribution is 5.09. The highest BCUT2D eigenvalue weighted by atomic mass is 16.3. The smallest absolute Gasteiger partial charge is 0.0895 e. The number of aromatic nitrogens is 1. The summed E-state index contributed by atoms with van der Waals surface area (Å²) in [6.45, 7) is 2.71. The number of pyridine rings is 1. The summed E-state index contributed by atoms with van der Waals surface area (Å²) in [5.74, 6) is 0. The number of nitrogens with one attached hydrogen (secondary N) is 1. The Labute approximate surface area is 83.6 Å². The molecule has 0 unspecified atom stereocenters. The van der Waals surface area contributed by atoms with Gasteiger partial charge in [0.25, 0.3) is 0 Å². The summed E-state index contributed by atoms with van der Waals surface area (Å²) >= 11 is 0. The fourth-order valence-corrected chi connectivity index (χ4v) is 1.13. The minimum Gasteiger partial charge on any atom is -0.394 e. The van der Waals surface area contributed by atoms with Crippen LogP contribution < -0.4 is 5.32 Å². The van der Waals surface area contributed by atoms with E-state index in [2.05, 4.69) is 10.3 Å². The molecule has 1 rings (SSSR count). The molecule has 0 aliphatic carbocycles. The number of aliphatic hydroxyl groups is 2. The van der Waals surface area contributed by atoms with Crippen molar-refractivity contribution in [1.29, 1.82) is 0 Å². The van der Waals surface area contributed by atoms with Gasteiger partial charge in [0.1, 0.15) is 0 Å². The molecule has 0 spiro atoms. The van der Waals surface area contributed by atoms with Crippen molar-refractivity contribution in [3.63, 3.8) is 0 Å². The topological polar surface area (TPSA) is 65.4 Å². The molecule has 1 heterocycles. The molecule has 4 nitrogen and oxygen atoms in total. The normalized spacial score (nSPS) is 12.8. The van der Waals surface area contributed by atoms with Gasteiger partial charge in [0.05, 0.1) is 18.4 Å². The Bertz CT molecular complexity index is 279. The Hall–Kier alpha value is -0.970. The lowest BCUT2D eigenvalue weighted by Gasteiger charge is -2.08. The molecule has 1 atom stereocenters. The molecular formula is C10H16N2O2. The monoisotopic (exact) mass is 196 g/mol. The molecular weight excluding hydrogens is 180 g/mol. The van der Waals surface area contributed by atoms with E-state index in [4.69, 9.17) is 10.2 Å². The molecule has 0 amide bonds. The van der Waals surface area contributed by atoms with Gasteiger partial charge in [0.2, 0.25) is 0 Å². The number of nitrogens with zero attached hydrogens (tertiary/aromatic N) is 1. The Morgan fingerprint density at radius 1 is 1.50 bits per heavy atom. The summed E-state index contributed by atoms with van der Waals surface area (Å²) < 4.78 is 0. The SMILES string of the molecule is Cc1cccc(CNC[C@H](O)CO)n1. The molecule has 0 aliphatic heterocycles. The van der Waals surface area contributed by atoms with Gasteiger partial charge in [-0.05, 0) is 19.1 Å². The molecule has 14 heavy (non-hydrogen) atoms. The molecule has 3 N–H and O–H groups in total. The van der Waals surface area contributed by atoms with E-state index < -0.39 is 6.10 Å². The van der Waals surface area contributed by atoms with Crippen LogP contribution in [-0.2, 0) is 6.54 Å².